The van der Waals surface area contributed by atoms with Crippen LogP contribution in [-0.4, -0.2) is 6.61 Å². The monoisotopic (exact) mass is 226 g/mol. The molecule has 0 aromatic heterocycles. The Morgan fingerprint density at radius 1 is 1.50 bits per heavy atom. The number of allylic oxidation sites excluding steroid dienone is 1. The van der Waals surface area contributed by atoms with E-state index in [1.807, 2.05) is 43.3 Å². The van der Waals surface area contributed by atoms with E-state index < -0.39 is 0 Å². The molecule has 0 aliphatic heterocycles. The molecule has 1 rings (SSSR count). The van der Waals surface area contributed by atoms with E-state index in [1.165, 1.54) is 0 Å². The average molecular weight is 227 g/mol. The van der Waals surface area contributed by atoms with Gasteiger partial charge >= 0.3 is 0 Å². The summed E-state index contributed by atoms with van der Waals surface area (Å²) in [5, 5.41) is 0. The molecule has 1 aromatic rings. The Kier molecular flexibility index (Phi) is 3.88. The predicted octanol–water partition coefficient (Wildman–Crippen LogP) is 3.40. The molecule has 0 heterocycles. The van der Waals surface area contributed by atoms with Gasteiger partial charge in [-0.25, -0.2) is 0 Å². The fourth-order valence-corrected chi connectivity index (χ4v) is 1.18. The van der Waals surface area contributed by atoms with Crippen LogP contribution >= 0.6 is 15.9 Å². The SMILES string of the molecule is C/C=C/COc1cccc(Br)c1. The second-order valence-corrected chi connectivity index (χ2v) is 3.25. The lowest BCUT2D eigenvalue weighted by Crippen LogP contribution is -1.92. The number of halogens is 1. The van der Waals surface area contributed by atoms with Crippen LogP contribution in [0.5, 0.6) is 5.75 Å². The van der Waals surface area contributed by atoms with Gasteiger partial charge in [0.15, 0.2) is 0 Å². The molecule has 2 heteroatoms. The Bertz CT molecular complexity index is 268. The molecule has 0 radical (unpaired) electrons. The summed E-state index contributed by atoms with van der Waals surface area (Å²) in [5.41, 5.74) is 0. The second-order valence-electron chi connectivity index (χ2n) is 2.34. The van der Waals surface area contributed by atoms with Crippen molar-refractivity contribution in [2.24, 2.45) is 0 Å². The zero-order valence-electron chi connectivity index (χ0n) is 6.96. The lowest BCUT2D eigenvalue weighted by Gasteiger charge is -2.02. The number of benzene rings is 1. The molecule has 0 atom stereocenters. The summed E-state index contributed by atoms with van der Waals surface area (Å²) in [6.07, 6.45) is 3.94. The molecule has 0 saturated heterocycles. The molecule has 0 N–H and O–H groups in total. The molecule has 1 nitrogen and oxygen atoms in total. The molecular formula is C10H11BrO. The number of hydrogen-bond acceptors (Lipinski definition) is 1. The number of ether oxygens (including phenoxy) is 1. The summed E-state index contributed by atoms with van der Waals surface area (Å²) < 4.78 is 6.45. The van der Waals surface area contributed by atoms with Gasteiger partial charge in [0, 0.05) is 4.47 Å². The third kappa shape index (κ3) is 3.09. The van der Waals surface area contributed by atoms with Crippen molar-refractivity contribution in [3.05, 3.63) is 40.9 Å². The van der Waals surface area contributed by atoms with Crippen molar-refractivity contribution < 1.29 is 4.74 Å². The Labute approximate surface area is 81.2 Å². The maximum absolute atomic E-state index is 5.41. The van der Waals surface area contributed by atoms with Crippen LogP contribution in [0.1, 0.15) is 6.92 Å². The molecular weight excluding hydrogens is 216 g/mol. The Balaban J connectivity index is 2.52. The van der Waals surface area contributed by atoms with Crippen molar-refractivity contribution in [3.63, 3.8) is 0 Å². The van der Waals surface area contributed by atoms with Crippen LogP contribution in [-0.2, 0) is 0 Å². The smallest absolute Gasteiger partial charge is 0.120 e. The van der Waals surface area contributed by atoms with Gasteiger partial charge < -0.3 is 4.74 Å². The largest absolute Gasteiger partial charge is 0.490 e. The molecule has 0 amide bonds. The van der Waals surface area contributed by atoms with Crippen molar-refractivity contribution in [3.8, 4) is 5.75 Å². The van der Waals surface area contributed by atoms with Crippen molar-refractivity contribution in [2.45, 2.75) is 6.92 Å². The molecule has 0 spiro atoms. The maximum Gasteiger partial charge on any atom is 0.120 e. The first-order valence-corrected chi connectivity index (χ1v) is 4.62. The predicted molar refractivity (Wildman–Crippen MR) is 54.5 cm³/mol. The zero-order chi connectivity index (χ0) is 8.81. The summed E-state index contributed by atoms with van der Waals surface area (Å²) in [4.78, 5) is 0. The molecule has 0 fully saturated rings. The van der Waals surface area contributed by atoms with Gasteiger partial charge in [0.2, 0.25) is 0 Å². The third-order valence-electron chi connectivity index (χ3n) is 1.38. The van der Waals surface area contributed by atoms with Crippen LogP contribution in [0.15, 0.2) is 40.9 Å². The standard InChI is InChI=1S/C10H11BrO/c1-2-3-7-12-10-6-4-5-9(11)8-10/h2-6,8H,7H2,1H3/b3-2+. The quantitative estimate of drug-likeness (QED) is 0.719. The second kappa shape index (κ2) is 4.99. The highest BCUT2D eigenvalue weighted by Gasteiger charge is 1.91. The minimum Gasteiger partial charge on any atom is -0.490 e. The number of hydrogen-bond donors (Lipinski definition) is 0. The molecule has 0 aliphatic carbocycles. The molecule has 0 bridgehead atoms. The lowest BCUT2D eigenvalue weighted by atomic mass is 10.3. The minimum atomic E-state index is 0.632. The van der Waals surface area contributed by atoms with Crippen LogP contribution in [0.2, 0.25) is 0 Å². The highest BCUT2D eigenvalue weighted by atomic mass is 79.9. The van der Waals surface area contributed by atoms with E-state index >= 15 is 0 Å². The minimum absolute atomic E-state index is 0.632. The van der Waals surface area contributed by atoms with E-state index in [2.05, 4.69) is 15.9 Å². The molecule has 0 unspecified atom stereocenters. The van der Waals surface area contributed by atoms with Gasteiger partial charge in [-0.3, -0.25) is 0 Å². The van der Waals surface area contributed by atoms with Gasteiger partial charge in [-0.05, 0) is 25.1 Å². The normalized spacial score (nSPS) is 10.5. The van der Waals surface area contributed by atoms with E-state index in [1.54, 1.807) is 0 Å². The summed E-state index contributed by atoms with van der Waals surface area (Å²) in [6, 6.07) is 7.81. The van der Waals surface area contributed by atoms with Gasteiger partial charge in [-0.15, -0.1) is 0 Å². The fraction of sp³-hybridized carbons (Fsp3) is 0.200. The van der Waals surface area contributed by atoms with E-state index in [4.69, 9.17) is 4.74 Å². The van der Waals surface area contributed by atoms with Gasteiger partial charge in [0.25, 0.3) is 0 Å². The van der Waals surface area contributed by atoms with Gasteiger partial charge in [0.1, 0.15) is 12.4 Å². The van der Waals surface area contributed by atoms with Crippen molar-refractivity contribution in [1.29, 1.82) is 0 Å². The Morgan fingerprint density at radius 3 is 3.00 bits per heavy atom. The Hall–Kier alpha value is -0.760. The van der Waals surface area contributed by atoms with Gasteiger partial charge in [0.05, 0.1) is 0 Å². The molecule has 0 saturated carbocycles. The van der Waals surface area contributed by atoms with E-state index in [9.17, 15) is 0 Å². The summed E-state index contributed by atoms with van der Waals surface area (Å²) >= 11 is 3.37. The summed E-state index contributed by atoms with van der Waals surface area (Å²) in [7, 11) is 0. The van der Waals surface area contributed by atoms with Crippen LogP contribution in [0, 0.1) is 0 Å². The third-order valence-corrected chi connectivity index (χ3v) is 1.87. The van der Waals surface area contributed by atoms with Crippen LogP contribution < -0.4 is 4.74 Å². The van der Waals surface area contributed by atoms with Crippen LogP contribution in [0.4, 0.5) is 0 Å². The van der Waals surface area contributed by atoms with Crippen molar-refractivity contribution in [2.75, 3.05) is 6.61 Å². The maximum atomic E-state index is 5.41. The highest BCUT2D eigenvalue weighted by Crippen LogP contribution is 2.17. The zero-order valence-corrected chi connectivity index (χ0v) is 8.54. The molecule has 1 aromatic carbocycles. The topological polar surface area (TPSA) is 9.23 Å². The molecule has 12 heavy (non-hydrogen) atoms. The first-order valence-electron chi connectivity index (χ1n) is 3.82. The average Bonchev–Trinajstić information content (AvgIpc) is 2.05. The summed E-state index contributed by atoms with van der Waals surface area (Å²) in [6.45, 7) is 2.61. The van der Waals surface area contributed by atoms with E-state index in [-0.39, 0.29) is 0 Å². The molecule has 0 aliphatic rings. The van der Waals surface area contributed by atoms with Gasteiger partial charge in [-0.1, -0.05) is 34.1 Å². The lowest BCUT2D eigenvalue weighted by molar-refractivity contribution is 0.362. The number of rotatable bonds is 3. The van der Waals surface area contributed by atoms with Crippen molar-refractivity contribution in [1.82, 2.24) is 0 Å². The van der Waals surface area contributed by atoms with Crippen LogP contribution in [0.3, 0.4) is 0 Å². The molecule has 64 valence electrons. The first kappa shape index (κ1) is 9.33. The summed E-state index contributed by atoms with van der Waals surface area (Å²) in [5.74, 6) is 0.891. The van der Waals surface area contributed by atoms with Gasteiger partial charge in [-0.2, -0.15) is 0 Å². The Morgan fingerprint density at radius 2 is 2.33 bits per heavy atom. The fourth-order valence-electron chi connectivity index (χ4n) is 0.797. The van der Waals surface area contributed by atoms with Crippen molar-refractivity contribution >= 4 is 15.9 Å². The highest BCUT2D eigenvalue weighted by molar-refractivity contribution is 9.10. The van der Waals surface area contributed by atoms with E-state index in [0.717, 1.165) is 10.2 Å². The first-order chi connectivity index (χ1) is 5.83. The van der Waals surface area contributed by atoms with E-state index in [0.29, 0.717) is 6.61 Å². The van der Waals surface area contributed by atoms with Crippen LogP contribution in [0.25, 0.3) is 0 Å².